The number of nitrogens with zero attached hydrogens (tertiary/aromatic N) is 3. The number of esters is 1. The zero-order valence-corrected chi connectivity index (χ0v) is 24.2. The highest BCUT2D eigenvalue weighted by atomic mass is 32.1. The molecule has 0 aromatic carbocycles. The van der Waals surface area contributed by atoms with E-state index in [1.165, 1.54) is 34.0 Å². The van der Waals surface area contributed by atoms with Crippen LogP contribution in [0.15, 0.2) is 16.1 Å². The predicted octanol–water partition coefficient (Wildman–Crippen LogP) is 6.34. The average Bonchev–Trinajstić information content (AvgIpc) is 3.49. The lowest BCUT2D eigenvalue weighted by molar-refractivity contribution is -0.0677. The van der Waals surface area contributed by atoms with Crippen LogP contribution >= 0.6 is 34.0 Å². The lowest BCUT2D eigenvalue weighted by atomic mass is 10.1. The van der Waals surface area contributed by atoms with E-state index in [1.807, 2.05) is 59.2 Å². The van der Waals surface area contributed by atoms with Crippen LogP contribution in [0.5, 0.6) is 0 Å². The molecule has 1 N–H and O–H groups in total. The molecular weight excluding hydrogens is 520 g/mol. The smallest absolute Gasteiger partial charge is 0.408 e. The summed E-state index contributed by atoms with van der Waals surface area (Å²) in [4.78, 5) is 38.3. The van der Waals surface area contributed by atoms with E-state index in [0.29, 0.717) is 33.0 Å². The summed E-state index contributed by atoms with van der Waals surface area (Å²) in [6.07, 6.45) is -0.897. The molecule has 0 aliphatic carbocycles. The molecule has 0 fully saturated rings. The zero-order valence-electron chi connectivity index (χ0n) is 21.7. The molecule has 36 heavy (non-hydrogen) atoms. The summed E-state index contributed by atoms with van der Waals surface area (Å²) in [5.74, 6) is -0.449. The molecule has 0 radical (unpaired) electrons. The zero-order chi connectivity index (χ0) is 26.7. The maximum atomic E-state index is 12.6. The standard InChI is InChI=1S/C24H32N4O5S3/c1-9-31-21(29)16-12-35-19(27-16)14-10-34-18(25-14)15-11-36-20(26-15)17(13(2)32-23(3,4)5)28-22(30)33-24(6,7)8/h10-13,17H,9H2,1-8H3,(H,28,30)/t13-,17+/m1/s1. The van der Waals surface area contributed by atoms with Crippen LogP contribution in [0.1, 0.15) is 76.9 Å². The molecule has 0 saturated carbocycles. The molecule has 0 aliphatic heterocycles. The van der Waals surface area contributed by atoms with E-state index in [9.17, 15) is 9.59 Å². The van der Waals surface area contributed by atoms with E-state index >= 15 is 0 Å². The molecule has 9 nitrogen and oxygen atoms in total. The maximum absolute atomic E-state index is 12.6. The number of hydrogen-bond acceptors (Lipinski definition) is 11. The van der Waals surface area contributed by atoms with Crippen LogP contribution in [0.2, 0.25) is 0 Å². The van der Waals surface area contributed by atoms with E-state index in [4.69, 9.17) is 19.2 Å². The molecular formula is C24H32N4O5S3. The van der Waals surface area contributed by atoms with Crippen LogP contribution in [0.4, 0.5) is 4.79 Å². The summed E-state index contributed by atoms with van der Waals surface area (Å²) in [6.45, 7) is 15.3. The first-order chi connectivity index (χ1) is 16.8. The molecule has 1 amide bonds. The number of ether oxygens (including phenoxy) is 3. The third-order valence-corrected chi connectivity index (χ3v) is 7.06. The quantitative estimate of drug-likeness (QED) is 0.322. The number of thiazole rings is 3. The Hall–Kier alpha value is -2.41. The normalized spacial score (nSPS) is 13.8. The van der Waals surface area contributed by atoms with Gasteiger partial charge in [0.25, 0.3) is 0 Å². The minimum Gasteiger partial charge on any atom is -0.461 e. The molecule has 0 aliphatic rings. The van der Waals surface area contributed by atoms with Gasteiger partial charge in [0.2, 0.25) is 0 Å². The number of nitrogens with one attached hydrogen (secondary N) is 1. The number of aromatic nitrogens is 3. The summed E-state index contributed by atoms with van der Waals surface area (Å²) < 4.78 is 16.6. The number of alkyl carbamates (subject to hydrolysis) is 1. The fourth-order valence-electron chi connectivity index (χ4n) is 3.15. The van der Waals surface area contributed by atoms with Gasteiger partial charge < -0.3 is 19.5 Å². The predicted molar refractivity (Wildman–Crippen MR) is 143 cm³/mol. The first-order valence-corrected chi connectivity index (χ1v) is 14.1. The maximum Gasteiger partial charge on any atom is 0.408 e. The number of amides is 1. The molecule has 196 valence electrons. The Labute approximate surface area is 223 Å². The second-order valence-electron chi connectivity index (χ2n) is 9.93. The van der Waals surface area contributed by atoms with Crippen LogP contribution in [-0.2, 0) is 14.2 Å². The van der Waals surface area contributed by atoms with Crippen molar-refractivity contribution in [1.29, 1.82) is 0 Å². The molecule has 0 unspecified atom stereocenters. The van der Waals surface area contributed by atoms with Crippen LogP contribution in [-0.4, -0.2) is 50.9 Å². The van der Waals surface area contributed by atoms with Crippen LogP contribution < -0.4 is 5.32 Å². The molecule has 3 rings (SSSR count). The van der Waals surface area contributed by atoms with Crippen molar-refractivity contribution in [1.82, 2.24) is 20.3 Å². The van der Waals surface area contributed by atoms with Crippen molar-refractivity contribution in [3.63, 3.8) is 0 Å². The Kier molecular flexibility index (Phi) is 8.86. The fraction of sp³-hybridized carbons (Fsp3) is 0.542. The molecule has 0 bridgehead atoms. The molecule has 3 aromatic heterocycles. The largest absolute Gasteiger partial charge is 0.461 e. The molecule has 12 heteroatoms. The summed E-state index contributed by atoms with van der Waals surface area (Å²) in [7, 11) is 0. The van der Waals surface area contributed by atoms with Gasteiger partial charge in [-0.2, -0.15) is 0 Å². The Bertz CT molecular complexity index is 1190. The van der Waals surface area contributed by atoms with Crippen molar-refractivity contribution >= 4 is 46.1 Å². The first-order valence-electron chi connectivity index (χ1n) is 11.5. The van der Waals surface area contributed by atoms with E-state index < -0.39 is 29.3 Å². The van der Waals surface area contributed by atoms with E-state index in [2.05, 4.69) is 15.3 Å². The number of rotatable bonds is 8. The highest BCUT2D eigenvalue weighted by Crippen LogP contribution is 2.34. The summed E-state index contributed by atoms with van der Waals surface area (Å²) in [5, 5.41) is 10.4. The van der Waals surface area contributed by atoms with Gasteiger partial charge in [-0.3, -0.25) is 0 Å². The topological polar surface area (TPSA) is 113 Å². The van der Waals surface area contributed by atoms with Gasteiger partial charge in [-0.15, -0.1) is 34.0 Å². The van der Waals surface area contributed by atoms with Gasteiger partial charge in [-0.05, 0) is 55.4 Å². The third-order valence-electron chi connectivity index (χ3n) is 4.40. The third kappa shape index (κ3) is 7.79. The van der Waals surface area contributed by atoms with Crippen molar-refractivity contribution in [2.24, 2.45) is 0 Å². The van der Waals surface area contributed by atoms with Crippen molar-refractivity contribution in [2.75, 3.05) is 6.61 Å². The Balaban J connectivity index is 1.82. The van der Waals surface area contributed by atoms with Gasteiger partial charge in [0.1, 0.15) is 38.1 Å². The SMILES string of the molecule is CCOC(=O)c1csc(-c2csc(-c3csc([C@@H](NC(=O)OC(C)(C)C)[C@@H](C)OC(C)(C)C)n3)n2)n1. The molecule has 0 saturated heterocycles. The number of carbonyl (C=O) groups is 2. The Morgan fingerprint density at radius 2 is 1.53 bits per heavy atom. The number of carbonyl (C=O) groups excluding carboxylic acids is 2. The van der Waals surface area contributed by atoms with Gasteiger partial charge in [-0.1, -0.05) is 0 Å². The van der Waals surface area contributed by atoms with Gasteiger partial charge in [-0.25, -0.2) is 24.5 Å². The van der Waals surface area contributed by atoms with Crippen molar-refractivity contribution in [3.05, 3.63) is 26.8 Å². The van der Waals surface area contributed by atoms with E-state index in [1.54, 1.807) is 12.3 Å². The summed E-state index contributed by atoms with van der Waals surface area (Å²) in [6, 6.07) is -0.511. The van der Waals surface area contributed by atoms with Crippen LogP contribution in [0.25, 0.3) is 21.4 Å². The summed E-state index contributed by atoms with van der Waals surface area (Å²) in [5.41, 5.74) is 0.585. The van der Waals surface area contributed by atoms with Gasteiger partial charge in [0.15, 0.2) is 5.69 Å². The highest BCUT2D eigenvalue weighted by molar-refractivity contribution is 7.16. The minimum atomic E-state index is -0.628. The van der Waals surface area contributed by atoms with Crippen molar-refractivity contribution < 1.29 is 23.8 Å². The van der Waals surface area contributed by atoms with E-state index in [-0.39, 0.29) is 11.8 Å². The number of hydrogen-bond donors (Lipinski definition) is 1. The van der Waals surface area contributed by atoms with Crippen molar-refractivity contribution in [2.45, 2.75) is 78.7 Å². The monoisotopic (exact) mass is 552 g/mol. The average molecular weight is 553 g/mol. The molecule has 2 atom stereocenters. The molecule has 0 spiro atoms. The van der Waals surface area contributed by atoms with Crippen molar-refractivity contribution in [3.8, 4) is 21.4 Å². The fourth-order valence-corrected chi connectivity index (χ4v) is 5.76. The van der Waals surface area contributed by atoms with E-state index in [0.717, 1.165) is 0 Å². The second kappa shape index (κ2) is 11.3. The first kappa shape index (κ1) is 28.2. The van der Waals surface area contributed by atoms with Crippen LogP contribution in [0, 0.1) is 0 Å². The highest BCUT2D eigenvalue weighted by Gasteiger charge is 2.31. The lowest BCUT2D eigenvalue weighted by Crippen LogP contribution is -2.41. The van der Waals surface area contributed by atoms with Gasteiger partial charge in [0.05, 0.1) is 18.3 Å². The van der Waals surface area contributed by atoms with Crippen LogP contribution in [0.3, 0.4) is 0 Å². The molecule has 3 heterocycles. The summed E-state index contributed by atoms with van der Waals surface area (Å²) >= 11 is 4.18. The second-order valence-corrected chi connectivity index (χ2v) is 12.5. The Morgan fingerprint density at radius 1 is 0.917 bits per heavy atom. The Morgan fingerprint density at radius 3 is 2.17 bits per heavy atom. The molecule has 3 aromatic rings. The minimum absolute atomic E-state index is 0.270. The van der Waals surface area contributed by atoms with Gasteiger partial charge >= 0.3 is 12.1 Å². The van der Waals surface area contributed by atoms with Gasteiger partial charge in [0, 0.05) is 16.1 Å². The lowest BCUT2D eigenvalue weighted by Gasteiger charge is -2.31.